The molecule has 2 aliphatic rings. The number of alkyl halides is 3. The van der Waals surface area contributed by atoms with Gasteiger partial charge in [-0.15, -0.1) is 0 Å². The lowest BCUT2D eigenvalue weighted by atomic mass is 10.1. The van der Waals surface area contributed by atoms with Crippen LogP contribution in [-0.4, -0.2) is 44.2 Å². The van der Waals surface area contributed by atoms with Gasteiger partial charge in [-0.25, -0.2) is 4.39 Å². The molecule has 2 heterocycles. The predicted molar refractivity (Wildman–Crippen MR) is 133 cm³/mol. The van der Waals surface area contributed by atoms with E-state index in [1.807, 2.05) is 41.3 Å². The van der Waals surface area contributed by atoms with Gasteiger partial charge in [0.05, 0.1) is 22.6 Å². The Bertz CT molecular complexity index is 1180. The number of anilines is 3. The summed E-state index contributed by atoms with van der Waals surface area (Å²) in [5.41, 5.74) is 1.63. The third kappa shape index (κ3) is 5.28. The highest BCUT2D eigenvalue weighted by Gasteiger charge is 2.33. The van der Waals surface area contributed by atoms with Crippen LogP contribution >= 0.6 is 11.8 Å². The Labute approximate surface area is 207 Å². The van der Waals surface area contributed by atoms with Crippen LogP contribution in [0.25, 0.3) is 0 Å². The summed E-state index contributed by atoms with van der Waals surface area (Å²) in [6.45, 7) is 4.88. The number of piperazine rings is 1. The Morgan fingerprint density at radius 2 is 1.37 bits per heavy atom. The first kappa shape index (κ1) is 24.0. The fraction of sp³-hybridized carbons (Fsp3) is 0.333. The highest BCUT2D eigenvalue weighted by molar-refractivity contribution is 7.99. The van der Waals surface area contributed by atoms with Gasteiger partial charge in [0.15, 0.2) is 0 Å². The van der Waals surface area contributed by atoms with E-state index < -0.39 is 11.7 Å². The Morgan fingerprint density at radius 1 is 0.714 bits per heavy atom. The first-order chi connectivity index (χ1) is 16.9. The zero-order chi connectivity index (χ0) is 24.4. The van der Waals surface area contributed by atoms with E-state index >= 15 is 0 Å². The highest BCUT2D eigenvalue weighted by atomic mass is 32.2. The molecule has 184 valence electrons. The maximum Gasteiger partial charge on any atom is 0.416 e. The minimum Gasteiger partial charge on any atom is -0.367 e. The van der Waals surface area contributed by atoms with Crippen LogP contribution in [-0.2, 0) is 6.18 Å². The summed E-state index contributed by atoms with van der Waals surface area (Å²) in [5.74, 6) is -0.185. The van der Waals surface area contributed by atoms with Crippen LogP contribution < -0.4 is 9.80 Å². The van der Waals surface area contributed by atoms with Gasteiger partial charge in [-0.3, -0.25) is 4.90 Å². The molecule has 1 fully saturated rings. The summed E-state index contributed by atoms with van der Waals surface area (Å²) in [4.78, 5) is 8.41. The number of rotatable bonds is 6. The summed E-state index contributed by atoms with van der Waals surface area (Å²) < 4.78 is 54.3. The van der Waals surface area contributed by atoms with E-state index in [9.17, 15) is 17.6 Å². The number of benzene rings is 3. The number of unbranched alkanes of at least 4 members (excludes halogenated alkanes) is 1. The van der Waals surface area contributed by atoms with Gasteiger partial charge >= 0.3 is 6.18 Å². The van der Waals surface area contributed by atoms with Gasteiger partial charge < -0.3 is 9.80 Å². The molecule has 3 aromatic carbocycles. The smallest absolute Gasteiger partial charge is 0.367 e. The summed E-state index contributed by atoms with van der Waals surface area (Å²) in [6, 6.07) is 18.8. The van der Waals surface area contributed by atoms with Crippen LogP contribution in [0.15, 0.2) is 76.5 Å². The van der Waals surface area contributed by atoms with Crippen molar-refractivity contribution in [3.63, 3.8) is 0 Å². The topological polar surface area (TPSA) is 9.72 Å². The number of fused-ring (bicyclic) bond motifs is 2. The average Bonchev–Trinajstić information content (AvgIpc) is 2.86. The Balaban J connectivity index is 1.20. The molecule has 0 aliphatic carbocycles. The van der Waals surface area contributed by atoms with E-state index in [4.69, 9.17) is 0 Å². The molecule has 0 aromatic heterocycles. The molecule has 0 saturated carbocycles. The highest BCUT2D eigenvalue weighted by Crippen LogP contribution is 2.49. The molecule has 0 radical (unpaired) electrons. The van der Waals surface area contributed by atoms with Crippen molar-refractivity contribution in [2.24, 2.45) is 0 Å². The average molecular weight is 502 g/mol. The van der Waals surface area contributed by atoms with Crippen LogP contribution in [0.1, 0.15) is 18.4 Å². The second kappa shape index (κ2) is 10.1. The fourth-order valence-electron chi connectivity index (χ4n) is 4.77. The van der Waals surface area contributed by atoms with Crippen molar-refractivity contribution in [1.29, 1.82) is 0 Å². The third-order valence-corrected chi connectivity index (χ3v) is 7.75. The lowest BCUT2D eigenvalue weighted by molar-refractivity contribution is -0.137. The SMILES string of the molecule is Fc1ccccc1N1CCN(CCCCN2c3ccccc3Sc3ccc(C(F)(F)F)cc32)CC1. The number of hydrogen-bond donors (Lipinski definition) is 0. The van der Waals surface area contributed by atoms with Crippen molar-refractivity contribution in [2.75, 3.05) is 49.1 Å². The molecule has 3 aromatic rings. The summed E-state index contributed by atoms with van der Waals surface area (Å²) in [5, 5.41) is 0. The van der Waals surface area contributed by atoms with Gasteiger partial charge in [0.25, 0.3) is 0 Å². The van der Waals surface area contributed by atoms with Crippen molar-refractivity contribution in [2.45, 2.75) is 28.8 Å². The Kier molecular flexibility index (Phi) is 6.93. The minimum absolute atomic E-state index is 0.185. The van der Waals surface area contributed by atoms with Gasteiger partial charge in [0, 0.05) is 42.5 Å². The molecular weight excluding hydrogens is 474 g/mol. The van der Waals surface area contributed by atoms with E-state index in [1.54, 1.807) is 12.1 Å². The summed E-state index contributed by atoms with van der Waals surface area (Å²) >= 11 is 1.52. The lowest BCUT2D eigenvalue weighted by Gasteiger charge is -2.36. The Hall–Kier alpha value is -2.71. The minimum atomic E-state index is -4.37. The van der Waals surface area contributed by atoms with E-state index in [0.717, 1.165) is 61.0 Å². The predicted octanol–water partition coefficient (Wildman–Crippen LogP) is 7.05. The summed E-state index contributed by atoms with van der Waals surface area (Å²) in [7, 11) is 0. The van der Waals surface area contributed by atoms with Crippen LogP contribution in [0.5, 0.6) is 0 Å². The molecule has 0 unspecified atom stereocenters. The first-order valence-electron chi connectivity index (χ1n) is 11.9. The third-order valence-electron chi connectivity index (χ3n) is 6.62. The monoisotopic (exact) mass is 501 g/mol. The maximum absolute atomic E-state index is 14.1. The van der Waals surface area contributed by atoms with Crippen LogP contribution in [0.4, 0.5) is 34.6 Å². The second-order valence-corrected chi connectivity index (χ2v) is 9.97. The molecule has 0 amide bonds. The normalized spacial score (nSPS) is 16.2. The van der Waals surface area contributed by atoms with Crippen molar-refractivity contribution < 1.29 is 17.6 Å². The zero-order valence-corrected chi connectivity index (χ0v) is 20.1. The maximum atomic E-state index is 14.1. The number of hydrogen-bond acceptors (Lipinski definition) is 4. The fourth-order valence-corrected chi connectivity index (χ4v) is 5.85. The molecule has 8 heteroatoms. The van der Waals surface area contributed by atoms with Crippen molar-refractivity contribution in [1.82, 2.24) is 4.90 Å². The molecule has 0 atom stereocenters. The standard InChI is InChI=1S/C27H27F4N3S/c28-21-7-1-2-8-22(21)33-17-15-32(16-18-33)13-5-6-14-34-23-9-3-4-10-25(23)35-26-12-11-20(19-24(26)34)27(29,30)31/h1-4,7-12,19H,5-6,13-18H2. The van der Waals surface area contributed by atoms with Crippen LogP contribution in [0, 0.1) is 5.82 Å². The quantitative estimate of drug-likeness (QED) is 0.264. The van der Waals surface area contributed by atoms with Crippen LogP contribution in [0.2, 0.25) is 0 Å². The van der Waals surface area contributed by atoms with Crippen LogP contribution in [0.3, 0.4) is 0 Å². The molecular formula is C27H27F4N3S. The first-order valence-corrected chi connectivity index (χ1v) is 12.7. The van der Waals surface area contributed by atoms with Gasteiger partial charge in [0.1, 0.15) is 5.82 Å². The molecule has 1 saturated heterocycles. The molecule has 0 spiro atoms. The van der Waals surface area contributed by atoms with Gasteiger partial charge in [-0.1, -0.05) is 36.0 Å². The van der Waals surface area contributed by atoms with E-state index in [1.165, 1.54) is 30.0 Å². The molecule has 35 heavy (non-hydrogen) atoms. The molecule has 2 aliphatic heterocycles. The molecule has 5 rings (SSSR count). The number of para-hydroxylation sites is 2. The van der Waals surface area contributed by atoms with Gasteiger partial charge in [-0.2, -0.15) is 13.2 Å². The lowest BCUT2D eigenvalue weighted by Crippen LogP contribution is -2.47. The largest absolute Gasteiger partial charge is 0.416 e. The van der Waals surface area contributed by atoms with Gasteiger partial charge in [0.2, 0.25) is 0 Å². The molecule has 0 bridgehead atoms. The Morgan fingerprint density at radius 3 is 2.11 bits per heavy atom. The number of halogens is 4. The summed E-state index contributed by atoms with van der Waals surface area (Å²) in [6.07, 6.45) is -2.56. The van der Waals surface area contributed by atoms with Crippen molar-refractivity contribution in [3.05, 3.63) is 78.1 Å². The van der Waals surface area contributed by atoms with Crippen molar-refractivity contribution in [3.8, 4) is 0 Å². The van der Waals surface area contributed by atoms with E-state index in [2.05, 4.69) is 9.80 Å². The molecule has 0 N–H and O–H groups in total. The van der Waals surface area contributed by atoms with E-state index in [-0.39, 0.29) is 5.82 Å². The van der Waals surface area contributed by atoms with Crippen molar-refractivity contribution >= 4 is 28.8 Å². The number of nitrogens with zero attached hydrogens (tertiary/aromatic N) is 3. The second-order valence-electron chi connectivity index (χ2n) is 8.89. The molecule has 3 nitrogen and oxygen atoms in total. The van der Waals surface area contributed by atoms with E-state index in [0.29, 0.717) is 17.9 Å². The zero-order valence-electron chi connectivity index (χ0n) is 19.3. The van der Waals surface area contributed by atoms with Gasteiger partial charge in [-0.05, 0) is 61.9 Å².